The van der Waals surface area contributed by atoms with Crippen LogP contribution in [0.25, 0.3) is 6.08 Å². The summed E-state index contributed by atoms with van der Waals surface area (Å²) in [5, 5.41) is 0. The van der Waals surface area contributed by atoms with Gasteiger partial charge in [-0.1, -0.05) is 60.2 Å². The Bertz CT molecular complexity index is 1070. The highest BCUT2D eigenvalue weighted by molar-refractivity contribution is 6.33. The summed E-state index contributed by atoms with van der Waals surface area (Å²) in [5.41, 5.74) is 4.16. The summed E-state index contributed by atoms with van der Waals surface area (Å²) >= 11 is 0. The lowest BCUT2D eigenvalue weighted by Gasteiger charge is -2.18. The summed E-state index contributed by atoms with van der Waals surface area (Å²) in [6.45, 7) is 4.60. The second-order valence-electron chi connectivity index (χ2n) is 6.81. The molecule has 0 bridgehead atoms. The van der Waals surface area contributed by atoms with Crippen molar-refractivity contribution in [1.29, 1.82) is 0 Å². The lowest BCUT2D eigenvalue weighted by atomic mass is 10.1. The average Bonchev–Trinajstić information content (AvgIpc) is 3.07. The van der Waals surface area contributed by atoms with Gasteiger partial charge >= 0.3 is 0 Å². The predicted octanol–water partition coefficient (Wildman–Crippen LogP) is 5.23. The number of carbonyl (C=O) groups is 1. The number of carbonyl (C=O) groups excluding carboxylic acids is 1. The van der Waals surface area contributed by atoms with E-state index in [0.717, 1.165) is 28.1 Å². The van der Waals surface area contributed by atoms with Crippen LogP contribution in [0.4, 0.5) is 5.69 Å². The fourth-order valence-corrected chi connectivity index (χ4v) is 3.22. The van der Waals surface area contributed by atoms with Crippen LogP contribution in [-0.4, -0.2) is 18.3 Å². The molecule has 0 N–H and O–H groups in total. The first-order valence-electron chi connectivity index (χ1n) is 9.65. The number of nitrogens with zero attached hydrogens (tertiary/aromatic N) is 2. The molecule has 1 amide bonds. The van der Waals surface area contributed by atoms with Gasteiger partial charge in [0.1, 0.15) is 17.3 Å². The van der Waals surface area contributed by atoms with Crippen molar-refractivity contribution in [1.82, 2.24) is 0 Å². The van der Waals surface area contributed by atoms with E-state index in [4.69, 9.17) is 9.73 Å². The molecule has 1 heterocycles. The molecule has 1 aliphatic heterocycles. The smallest absolute Gasteiger partial charge is 0.282 e. The molecule has 0 fully saturated rings. The first-order valence-corrected chi connectivity index (χ1v) is 9.65. The molecular formula is C25H22N2O2. The van der Waals surface area contributed by atoms with E-state index in [2.05, 4.69) is 0 Å². The minimum atomic E-state index is -0.137. The Morgan fingerprint density at radius 2 is 1.62 bits per heavy atom. The van der Waals surface area contributed by atoms with Crippen LogP contribution in [0.15, 0.2) is 89.6 Å². The lowest BCUT2D eigenvalue weighted by Crippen LogP contribution is -2.32. The van der Waals surface area contributed by atoms with E-state index in [9.17, 15) is 4.79 Å². The number of ether oxygens (including phenoxy) is 1. The van der Waals surface area contributed by atoms with Crippen LogP contribution in [0, 0.1) is 6.92 Å². The second-order valence-corrected chi connectivity index (χ2v) is 6.81. The van der Waals surface area contributed by atoms with Crippen molar-refractivity contribution in [2.45, 2.75) is 13.8 Å². The molecule has 0 radical (unpaired) electrons. The second kappa shape index (κ2) is 8.15. The molecule has 0 unspecified atom stereocenters. The molecular weight excluding hydrogens is 360 g/mol. The molecule has 0 saturated carbocycles. The molecule has 3 aromatic rings. The number of amidine groups is 1. The zero-order chi connectivity index (χ0) is 20.2. The van der Waals surface area contributed by atoms with E-state index in [1.807, 2.05) is 98.8 Å². The Labute approximate surface area is 170 Å². The lowest BCUT2D eigenvalue weighted by molar-refractivity contribution is -0.113. The maximum absolute atomic E-state index is 13.3. The fraction of sp³-hybridized carbons (Fsp3) is 0.120. The van der Waals surface area contributed by atoms with Crippen molar-refractivity contribution in [3.8, 4) is 5.75 Å². The number of hydrogen-bond donors (Lipinski definition) is 0. The van der Waals surface area contributed by atoms with E-state index >= 15 is 0 Å². The molecule has 0 atom stereocenters. The van der Waals surface area contributed by atoms with Gasteiger partial charge in [-0.05, 0) is 49.8 Å². The monoisotopic (exact) mass is 382 g/mol. The van der Waals surface area contributed by atoms with Crippen molar-refractivity contribution in [3.63, 3.8) is 0 Å². The van der Waals surface area contributed by atoms with Gasteiger partial charge in [0.05, 0.1) is 12.3 Å². The van der Waals surface area contributed by atoms with Gasteiger partial charge < -0.3 is 4.74 Å². The summed E-state index contributed by atoms with van der Waals surface area (Å²) < 4.78 is 5.49. The molecule has 3 aromatic carbocycles. The first kappa shape index (κ1) is 18.7. The van der Waals surface area contributed by atoms with Crippen molar-refractivity contribution in [2.24, 2.45) is 4.99 Å². The minimum absolute atomic E-state index is 0.137. The highest BCUT2D eigenvalue weighted by Gasteiger charge is 2.32. The number of anilines is 1. The van der Waals surface area contributed by atoms with Crippen LogP contribution < -0.4 is 9.64 Å². The van der Waals surface area contributed by atoms with Gasteiger partial charge in [-0.25, -0.2) is 4.99 Å². The van der Waals surface area contributed by atoms with E-state index in [1.54, 1.807) is 4.90 Å². The maximum atomic E-state index is 13.3. The summed E-state index contributed by atoms with van der Waals surface area (Å²) in [7, 11) is 0. The third-order valence-electron chi connectivity index (χ3n) is 4.68. The van der Waals surface area contributed by atoms with Crippen molar-refractivity contribution < 1.29 is 9.53 Å². The topological polar surface area (TPSA) is 41.9 Å². The van der Waals surface area contributed by atoms with Gasteiger partial charge in [-0.15, -0.1) is 0 Å². The zero-order valence-corrected chi connectivity index (χ0v) is 16.5. The SMILES string of the molecule is CCOc1ccc(/C=C2/N=C(c3ccccc3)N(c3ccc(C)cc3)C2=O)cc1. The number of hydrogen-bond acceptors (Lipinski definition) is 3. The van der Waals surface area contributed by atoms with Crippen LogP contribution in [0.5, 0.6) is 5.75 Å². The Kier molecular flexibility index (Phi) is 5.25. The van der Waals surface area contributed by atoms with Crippen molar-refractivity contribution in [2.75, 3.05) is 11.5 Å². The average molecular weight is 382 g/mol. The van der Waals surface area contributed by atoms with Gasteiger partial charge in [-0.3, -0.25) is 9.69 Å². The Balaban J connectivity index is 1.74. The third-order valence-corrected chi connectivity index (χ3v) is 4.68. The van der Waals surface area contributed by atoms with E-state index < -0.39 is 0 Å². The highest BCUT2D eigenvalue weighted by Crippen LogP contribution is 2.28. The fourth-order valence-electron chi connectivity index (χ4n) is 3.22. The van der Waals surface area contributed by atoms with E-state index in [0.29, 0.717) is 18.1 Å². The molecule has 1 aliphatic rings. The maximum Gasteiger partial charge on any atom is 0.282 e. The molecule has 144 valence electrons. The number of benzene rings is 3. The third kappa shape index (κ3) is 3.97. The number of aliphatic imine (C=N–C) groups is 1. The molecule has 4 heteroatoms. The van der Waals surface area contributed by atoms with Crippen molar-refractivity contribution in [3.05, 3.63) is 101 Å². The molecule has 0 aromatic heterocycles. The Morgan fingerprint density at radius 3 is 2.28 bits per heavy atom. The summed E-state index contributed by atoms with van der Waals surface area (Å²) in [6, 6.07) is 25.3. The number of amides is 1. The molecule has 0 saturated heterocycles. The van der Waals surface area contributed by atoms with Crippen LogP contribution in [-0.2, 0) is 4.79 Å². The zero-order valence-electron chi connectivity index (χ0n) is 16.5. The van der Waals surface area contributed by atoms with Crippen molar-refractivity contribution >= 4 is 23.5 Å². The van der Waals surface area contributed by atoms with Crippen LogP contribution in [0.1, 0.15) is 23.6 Å². The largest absolute Gasteiger partial charge is 0.494 e. The predicted molar refractivity (Wildman–Crippen MR) is 117 cm³/mol. The molecule has 0 aliphatic carbocycles. The van der Waals surface area contributed by atoms with E-state index in [-0.39, 0.29) is 5.91 Å². The van der Waals surface area contributed by atoms with Crippen LogP contribution in [0.2, 0.25) is 0 Å². The van der Waals surface area contributed by atoms with Gasteiger partial charge in [0.25, 0.3) is 5.91 Å². The Hall–Kier alpha value is -3.66. The van der Waals surface area contributed by atoms with Gasteiger partial charge in [0.15, 0.2) is 0 Å². The molecule has 0 spiro atoms. The van der Waals surface area contributed by atoms with E-state index in [1.165, 1.54) is 0 Å². The van der Waals surface area contributed by atoms with Crippen LogP contribution in [0.3, 0.4) is 0 Å². The number of aryl methyl sites for hydroxylation is 1. The normalized spacial score (nSPS) is 15.0. The standard InChI is InChI=1S/C25H22N2O2/c1-3-29-22-15-11-19(12-16-22)17-23-25(28)27(21-13-9-18(2)10-14-21)24(26-23)20-7-5-4-6-8-20/h4-17H,3H2,1-2H3/b23-17+. The van der Waals surface area contributed by atoms with Crippen LogP contribution >= 0.6 is 0 Å². The molecule has 4 nitrogen and oxygen atoms in total. The summed E-state index contributed by atoms with van der Waals surface area (Å²) in [6.07, 6.45) is 1.81. The van der Waals surface area contributed by atoms with Gasteiger partial charge in [0.2, 0.25) is 0 Å². The summed E-state index contributed by atoms with van der Waals surface area (Å²) in [4.78, 5) is 19.6. The number of rotatable bonds is 5. The minimum Gasteiger partial charge on any atom is -0.494 e. The highest BCUT2D eigenvalue weighted by atomic mass is 16.5. The first-order chi connectivity index (χ1) is 14.2. The molecule has 29 heavy (non-hydrogen) atoms. The quantitative estimate of drug-likeness (QED) is 0.567. The summed E-state index contributed by atoms with van der Waals surface area (Å²) in [5.74, 6) is 1.31. The van der Waals surface area contributed by atoms with Gasteiger partial charge in [-0.2, -0.15) is 0 Å². The molecule has 4 rings (SSSR count). The van der Waals surface area contributed by atoms with Gasteiger partial charge in [0, 0.05) is 5.56 Å². The Morgan fingerprint density at radius 1 is 0.931 bits per heavy atom.